The normalized spacial score (nSPS) is 13.1. The van der Waals surface area contributed by atoms with Crippen molar-refractivity contribution in [2.24, 2.45) is 11.5 Å². The minimum atomic E-state index is -0.780. The molecule has 2 unspecified atom stereocenters. The van der Waals surface area contributed by atoms with Gasteiger partial charge in [0.25, 0.3) is 0 Å². The van der Waals surface area contributed by atoms with Crippen LogP contribution in [0.2, 0.25) is 0 Å². The summed E-state index contributed by atoms with van der Waals surface area (Å²) in [6.45, 7) is 2.57. The van der Waals surface area contributed by atoms with Crippen molar-refractivity contribution in [3.63, 3.8) is 0 Å². The Bertz CT molecular complexity index is 355. The molecule has 0 rings (SSSR count). The van der Waals surface area contributed by atoms with E-state index in [1.165, 1.54) is 35.4 Å². The maximum Gasteiger partial charge on any atom is 0.240 e. The summed E-state index contributed by atoms with van der Waals surface area (Å²) in [5.74, 6) is -1.47. The lowest BCUT2D eigenvalue weighted by Crippen LogP contribution is -2.46. The summed E-state index contributed by atoms with van der Waals surface area (Å²) in [5, 5.41) is 4.83. The first-order chi connectivity index (χ1) is 9.23. The highest BCUT2D eigenvalue weighted by atomic mass is 33.1. The number of amides is 4. The summed E-state index contributed by atoms with van der Waals surface area (Å²) in [7, 11) is 2.49. The number of carbonyl (C=O) groups excluding carboxylic acids is 4. The van der Waals surface area contributed by atoms with Crippen molar-refractivity contribution in [2.45, 2.75) is 25.9 Å². The highest BCUT2D eigenvalue weighted by Crippen LogP contribution is 2.22. The Labute approximate surface area is 124 Å². The van der Waals surface area contributed by atoms with Crippen molar-refractivity contribution in [2.75, 3.05) is 11.5 Å². The molecular weight excluding hydrogens is 304 g/mol. The molecule has 2 atom stereocenters. The second-order valence-corrected chi connectivity index (χ2v) is 6.43. The molecule has 0 aliphatic rings. The monoisotopic (exact) mass is 322 g/mol. The first kappa shape index (κ1) is 18.6. The third-order valence-corrected chi connectivity index (χ3v) is 4.42. The largest absolute Gasteiger partial charge is 0.368 e. The molecule has 0 radical (unpaired) electrons. The van der Waals surface area contributed by atoms with E-state index in [0.717, 1.165) is 0 Å². The smallest absolute Gasteiger partial charge is 0.240 e. The van der Waals surface area contributed by atoms with E-state index in [9.17, 15) is 19.2 Å². The van der Waals surface area contributed by atoms with Crippen LogP contribution in [0.5, 0.6) is 0 Å². The van der Waals surface area contributed by atoms with Crippen LogP contribution in [0.3, 0.4) is 0 Å². The van der Waals surface area contributed by atoms with Crippen LogP contribution in [0.4, 0.5) is 0 Å². The van der Waals surface area contributed by atoms with Gasteiger partial charge in [0, 0.05) is 25.4 Å². The molecule has 4 amide bonds. The number of hydrogen-bond donors (Lipinski definition) is 4. The predicted octanol–water partition coefficient (Wildman–Crippen LogP) is -1.65. The Kier molecular flexibility index (Phi) is 8.81. The molecule has 0 aliphatic heterocycles. The molecule has 0 aromatic rings. The van der Waals surface area contributed by atoms with Gasteiger partial charge < -0.3 is 22.1 Å². The molecule has 0 fully saturated rings. The van der Waals surface area contributed by atoms with Crippen molar-refractivity contribution in [1.82, 2.24) is 10.6 Å². The molecule has 0 saturated carbocycles. The lowest BCUT2D eigenvalue weighted by Gasteiger charge is -2.15. The zero-order valence-electron chi connectivity index (χ0n) is 11.2. The minimum absolute atomic E-state index is 0.255. The third-order valence-electron chi connectivity index (χ3n) is 1.99. The van der Waals surface area contributed by atoms with Crippen LogP contribution in [0.15, 0.2) is 0 Å². The topological polar surface area (TPSA) is 144 Å². The second-order valence-electron chi connectivity index (χ2n) is 3.88. The Morgan fingerprint density at radius 1 is 0.850 bits per heavy atom. The van der Waals surface area contributed by atoms with Crippen LogP contribution in [0, 0.1) is 0 Å². The zero-order valence-corrected chi connectivity index (χ0v) is 12.8. The van der Waals surface area contributed by atoms with E-state index < -0.39 is 23.9 Å². The molecule has 0 spiro atoms. The van der Waals surface area contributed by atoms with E-state index >= 15 is 0 Å². The summed E-state index contributed by atoms with van der Waals surface area (Å²) >= 11 is 0. The number of nitrogens with one attached hydrogen (secondary N) is 2. The van der Waals surface area contributed by atoms with Gasteiger partial charge in [0.15, 0.2) is 0 Å². The first-order valence-corrected chi connectivity index (χ1v) is 8.10. The summed E-state index contributed by atoms with van der Waals surface area (Å²) in [6, 6.07) is -1.56. The van der Waals surface area contributed by atoms with Crippen LogP contribution in [-0.4, -0.2) is 47.2 Å². The van der Waals surface area contributed by atoms with Gasteiger partial charge in [-0.25, -0.2) is 0 Å². The molecule has 0 saturated heterocycles. The van der Waals surface area contributed by atoms with Crippen LogP contribution in [-0.2, 0) is 19.2 Å². The van der Waals surface area contributed by atoms with Crippen LogP contribution < -0.4 is 22.1 Å². The Balaban J connectivity index is 4.13. The van der Waals surface area contributed by atoms with Gasteiger partial charge in [-0.3, -0.25) is 19.2 Å². The van der Waals surface area contributed by atoms with Crippen LogP contribution in [0.1, 0.15) is 13.8 Å². The van der Waals surface area contributed by atoms with Gasteiger partial charge in [-0.15, -0.1) is 0 Å². The van der Waals surface area contributed by atoms with Crippen molar-refractivity contribution < 1.29 is 19.2 Å². The lowest BCUT2D eigenvalue weighted by atomic mass is 10.3. The minimum Gasteiger partial charge on any atom is -0.368 e. The second kappa shape index (κ2) is 9.48. The molecule has 0 aromatic heterocycles. The SMILES string of the molecule is CC(=O)NC(CSSCC(NC(C)=O)C(N)=O)C(N)=O. The van der Waals surface area contributed by atoms with Crippen LogP contribution >= 0.6 is 21.6 Å². The van der Waals surface area contributed by atoms with E-state index in [1.807, 2.05) is 0 Å². The highest BCUT2D eigenvalue weighted by Gasteiger charge is 2.19. The molecule has 0 aliphatic carbocycles. The number of carbonyl (C=O) groups is 4. The zero-order chi connectivity index (χ0) is 15.7. The molecular formula is C10H18N4O4S2. The Morgan fingerprint density at radius 2 is 1.15 bits per heavy atom. The van der Waals surface area contributed by atoms with E-state index in [-0.39, 0.29) is 23.3 Å². The van der Waals surface area contributed by atoms with Gasteiger partial charge in [-0.05, 0) is 0 Å². The number of primary amides is 2. The van der Waals surface area contributed by atoms with Crippen molar-refractivity contribution in [1.29, 1.82) is 0 Å². The van der Waals surface area contributed by atoms with Crippen molar-refractivity contribution in [3.8, 4) is 0 Å². The van der Waals surface area contributed by atoms with Crippen LogP contribution in [0.25, 0.3) is 0 Å². The van der Waals surface area contributed by atoms with Gasteiger partial charge in [-0.1, -0.05) is 21.6 Å². The quantitative estimate of drug-likeness (QED) is 0.295. The van der Waals surface area contributed by atoms with Gasteiger partial charge in [0.1, 0.15) is 12.1 Å². The van der Waals surface area contributed by atoms with Crippen molar-refractivity contribution >= 4 is 45.2 Å². The maximum absolute atomic E-state index is 11.1. The molecule has 8 nitrogen and oxygen atoms in total. The molecule has 0 bridgehead atoms. The summed E-state index contributed by atoms with van der Waals surface area (Å²) in [6.07, 6.45) is 0. The number of rotatable bonds is 9. The molecule has 0 heterocycles. The van der Waals surface area contributed by atoms with E-state index in [2.05, 4.69) is 10.6 Å². The van der Waals surface area contributed by atoms with Crippen molar-refractivity contribution in [3.05, 3.63) is 0 Å². The summed E-state index contributed by atoms with van der Waals surface area (Å²) in [5.41, 5.74) is 10.3. The van der Waals surface area contributed by atoms with E-state index in [0.29, 0.717) is 0 Å². The predicted molar refractivity (Wildman–Crippen MR) is 78.5 cm³/mol. The summed E-state index contributed by atoms with van der Waals surface area (Å²) in [4.78, 5) is 43.9. The highest BCUT2D eigenvalue weighted by molar-refractivity contribution is 8.76. The maximum atomic E-state index is 11.1. The standard InChI is InChI=1S/C10H18N4O4S2/c1-5(15)13-7(9(11)17)3-19-20-4-8(10(12)18)14-6(2)16/h7-8H,3-4H2,1-2H3,(H2,11,17)(H2,12,18)(H,13,15)(H,14,16). The lowest BCUT2D eigenvalue weighted by molar-refractivity contribution is -0.125. The molecule has 114 valence electrons. The van der Waals surface area contributed by atoms with Gasteiger partial charge in [-0.2, -0.15) is 0 Å². The van der Waals surface area contributed by atoms with Gasteiger partial charge >= 0.3 is 0 Å². The number of nitrogens with two attached hydrogens (primary N) is 2. The van der Waals surface area contributed by atoms with E-state index in [1.54, 1.807) is 0 Å². The fraction of sp³-hybridized carbons (Fsp3) is 0.600. The third kappa shape index (κ3) is 8.64. The Hall–Kier alpha value is -1.42. The van der Waals surface area contributed by atoms with E-state index in [4.69, 9.17) is 11.5 Å². The first-order valence-electron chi connectivity index (χ1n) is 5.61. The average Bonchev–Trinajstić information content (AvgIpc) is 2.29. The average molecular weight is 322 g/mol. The molecule has 6 N–H and O–H groups in total. The number of hydrogen-bond acceptors (Lipinski definition) is 6. The van der Waals surface area contributed by atoms with Gasteiger partial charge in [0.2, 0.25) is 23.6 Å². The molecule has 0 aromatic carbocycles. The summed E-state index contributed by atoms with van der Waals surface area (Å²) < 4.78 is 0. The molecule has 20 heavy (non-hydrogen) atoms. The fourth-order valence-electron chi connectivity index (χ4n) is 1.11. The Morgan fingerprint density at radius 3 is 1.35 bits per heavy atom. The van der Waals surface area contributed by atoms with Gasteiger partial charge in [0.05, 0.1) is 0 Å². The molecule has 10 heteroatoms. The fourth-order valence-corrected chi connectivity index (χ4v) is 3.47.